The quantitative estimate of drug-likeness (QED) is 0.486. The summed E-state index contributed by atoms with van der Waals surface area (Å²) >= 11 is 19.0. The monoisotopic (exact) mass is 479 g/mol. The first-order valence-electron chi connectivity index (χ1n) is 5.34. The molecule has 1 N–H and O–H groups in total. The number of halogens is 5. The van der Waals surface area contributed by atoms with Gasteiger partial charge in [0, 0.05) is 8.59 Å². The van der Waals surface area contributed by atoms with Crippen LogP contribution in [0.3, 0.4) is 0 Å². The van der Waals surface area contributed by atoms with Gasteiger partial charge in [0.1, 0.15) is 4.90 Å². The molecule has 9 heteroatoms. The summed E-state index contributed by atoms with van der Waals surface area (Å²) in [5.41, 5.74) is 0.312. The smallest absolute Gasteiger partial charge is 0.263 e. The number of hydrogen-bond donors (Lipinski definition) is 1. The fourth-order valence-electron chi connectivity index (χ4n) is 1.49. The summed E-state index contributed by atoms with van der Waals surface area (Å²) in [6.07, 6.45) is 0. The van der Waals surface area contributed by atoms with E-state index in [-0.39, 0.29) is 5.02 Å². The number of rotatable bonds is 3. The van der Waals surface area contributed by atoms with Gasteiger partial charge in [-0.1, -0.05) is 34.8 Å². The molecule has 0 fully saturated rings. The van der Waals surface area contributed by atoms with Gasteiger partial charge in [0.05, 0.1) is 15.7 Å². The molecule has 2 aromatic carbocycles. The Morgan fingerprint density at radius 2 is 1.76 bits per heavy atom. The molecule has 0 unspecified atom stereocenters. The van der Waals surface area contributed by atoms with Gasteiger partial charge < -0.3 is 0 Å². The Hall–Kier alpha value is -0.280. The van der Waals surface area contributed by atoms with E-state index in [0.717, 1.165) is 12.1 Å². The van der Waals surface area contributed by atoms with Crippen molar-refractivity contribution in [2.75, 3.05) is 4.72 Å². The molecule has 0 radical (unpaired) electrons. The Labute approximate surface area is 149 Å². The molecule has 0 amide bonds. The van der Waals surface area contributed by atoms with E-state index in [2.05, 4.69) is 4.72 Å². The van der Waals surface area contributed by atoms with E-state index in [4.69, 9.17) is 34.8 Å². The average molecular weight is 481 g/mol. The molecule has 0 spiro atoms. The second-order valence-electron chi connectivity index (χ2n) is 3.90. The van der Waals surface area contributed by atoms with E-state index >= 15 is 0 Å². The van der Waals surface area contributed by atoms with Crippen LogP contribution in [-0.2, 0) is 10.0 Å². The lowest BCUT2D eigenvalue weighted by Crippen LogP contribution is -2.14. The molecule has 0 aliphatic rings. The maximum absolute atomic E-state index is 13.6. The van der Waals surface area contributed by atoms with Gasteiger partial charge in [-0.3, -0.25) is 4.72 Å². The lowest BCUT2D eigenvalue weighted by atomic mass is 10.3. The SMILES string of the molecule is O=S(=O)(Nc1ccc(Cl)cc1I)c1ccc(Cl)c(F)c1Cl. The third-order valence-corrected chi connectivity index (χ3v) is 5.77. The number of sulfonamides is 1. The molecular formula is C12H6Cl3FINO2S. The molecule has 21 heavy (non-hydrogen) atoms. The van der Waals surface area contributed by atoms with Gasteiger partial charge in [-0.25, -0.2) is 12.8 Å². The highest BCUT2D eigenvalue weighted by molar-refractivity contribution is 14.1. The number of nitrogens with one attached hydrogen (secondary N) is 1. The van der Waals surface area contributed by atoms with Crippen molar-refractivity contribution in [1.29, 1.82) is 0 Å². The topological polar surface area (TPSA) is 46.2 Å². The van der Waals surface area contributed by atoms with Gasteiger partial charge in [-0.05, 0) is 52.9 Å². The molecule has 0 saturated heterocycles. The first kappa shape index (κ1) is 17.1. The second kappa shape index (κ2) is 6.45. The molecule has 3 nitrogen and oxygen atoms in total. The summed E-state index contributed by atoms with van der Waals surface area (Å²) in [6.45, 7) is 0. The summed E-state index contributed by atoms with van der Waals surface area (Å²) in [7, 11) is -4.05. The fourth-order valence-corrected chi connectivity index (χ4v) is 4.50. The highest BCUT2D eigenvalue weighted by atomic mass is 127. The minimum Gasteiger partial charge on any atom is -0.279 e. The summed E-state index contributed by atoms with van der Waals surface area (Å²) in [6, 6.07) is 6.89. The van der Waals surface area contributed by atoms with Gasteiger partial charge in [0.15, 0.2) is 5.82 Å². The van der Waals surface area contributed by atoms with Gasteiger partial charge in [0.25, 0.3) is 10.0 Å². The van der Waals surface area contributed by atoms with Crippen molar-refractivity contribution in [2.24, 2.45) is 0 Å². The summed E-state index contributed by atoms with van der Waals surface area (Å²) in [4.78, 5) is -0.392. The number of anilines is 1. The zero-order chi connectivity index (χ0) is 15.8. The van der Waals surface area contributed by atoms with Crippen LogP contribution in [0.5, 0.6) is 0 Å². The largest absolute Gasteiger partial charge is 0.279 e. The Morgan fingerprint density at radius 3 is 2.38 bits per heavy atom. The van der Waals surface area contributed by atoms with Crippen molar-refractivity contribution >= 4 is 73.1 Å². The summed E-state index contributed by atoms with van der Waals surface area (Å²) < 4.78 is 41.1. The van der Waals surface area contributed by atoms with Crippen LogP contribution in [-0.4, -0.2) is 8.42 Å². The number of hydrogen-bond acceptors (Lipinski definition) is 2. The van der Waals surface area contributed by atoms with Crippen LogP contribution in [0, 0.1) is 9.39 Å². The van der Waals surface area contributed by atoms with Crippen LogP contribution in [0.2, 0.25) is 15.1 Å². The van der Waals surface area contributed by atoms with Crippen molar-refractivity contribution in [3.63, 3.8) is 0 Å². The van der Waals surface area contributed by atoms with Crippen molar-refractivity contribution in [3.8, 4) is 0 Å². The lowest BCUT2D eigenvalue weighted by molar-refractivity contribution is 0.595. The van der Waals surface area contributed by atoms with E-state index in [1.165, 1.54) is 12.1 Å². The summed E-state index contributed by atoms with van der Waals surface area (Å²) in [5, 5.41) is -0.336. The molecule has 0 aliphatic carbocycles. The van der Waals surface area contributed by atoms with E-state index in [9.17, 15) is 12.8 Å². The highest BCUT2D eigenvalue weighted by Gasteiger charge is 2.22. The van der Waals surface area contributed by atoms with Gasteiger partial charge in [0.2, 0.25) is 0 Å². The van der Waals surface area contributed by atoms with Crippen molar-refractivity contribution in [2.45, 2.75) is 4.90 Å². The highest BCUT2D eigenvalue weighted by Crippen LogP contribution is 2.31. The molecule has 0 saturated carbocycles. The van der Waals surface area contributed by atoms with E-state index < -0.39 is 25.8 Å². The minimum atomic E-state index is -4.05. The average Bonchev–Trinajstić information content (AvgIpc) is 2.39. The molecule has 0 heterocycles. The summed E-state index contributed by atoms with van der Waals surface area (Å²) in [5.74, 6) is -0.980. The first-order valence-corrected chi connectivity index (χ1v) is 9.03. The van der Waals surface area contributed by atoms with Crippen LogP contribution < -0.4 is 4.72 Å². The van der Waals surface area contributed by atoms with E-state index in [0.29, 0.717) is 14.3 Å². The van der Waals surface area contributed by atoms with Crippen molar-refractivity contribution < 1.29 is 12.8 Å². The zero-order valence-electron chi connectivity index (χ0n) is 10.0. The molecule has 0 aliphatic heterocycles. The van der Waals surface area contributed by atoms with Gasteiger partial charge in [-0.15, -0.1) is 0 Å². The molecule has 112 valence electrons. The van der Waals surface area contributed by atoms with E-state index in [1.54, 1.807) is 6.07 Å². The standard InChI is InChI=1S/C12H6Cl3FINO2S/c13-6-1-3-9(8(17)5-6)18-21(19,20)10-4-2-7(14)12(16)11(10)15/h1-5,18H. The Morgan fingerprint density at radius 1 is 1.10 bits per heavy atom. The van der Waals surface area contributed by atoms with Crippen LogP contribution in [0.25, 0.3) is 0 Å². The molecule has 2 rings (SSSR count). The third kappa shape index (κ3) is 3.73. The van der Waals surface area contributed by atoms with Crippen LogP contribution in [0.4, 0.5) is 10.1 Å². The van der Waals surface area contributed by atoms with E-state index in [1.807, 2.05) is 22.6 Å². The van der Waals surface area contributed by atoms with Crippen LogP contribution in [0.15, 0.2) is 35.2 Å². The predicted molar refractivity (Wildman–Crippen MR) is 91.4 cm³/mol. The zero-order valence-corrected chi connectivity index (χ0v) is 15.2. The second-order valence-corrected chi connectivity index (χ2v) is 7.94. The molecule has 0 aromatic heterocycles. The first-order chi connectivity index (χ1) is 9.72. The minimum absolute atomic E-state index is 0.250. The fraction of sp³-hybridized carbons (Fsp3) is 0. The van der Waals surface area contributed by atoms with Crippen LogP contribution >= 0.6 is 57.4 Å². The Balaban J connectivity index is 2.46. The van der Waals surface area contributed by atoms with Gasteiger partial charge >= 0.3 is 0 Å². The number of benzene rings is 2. The lowest BCUT2D eigenvalue weighted by Gasteiger charge is -2.12. The van der Waals surface area contributed by atoms with Crippen molar-refractivity contribution in [3.05, 3.63) is 54.8 Å². The van der Waals surface area contributed by atoms with Crippen molar-refractivity contribution in [1.82, 2.24) is 0 Å². The van der Waals surface area contributed by atoms with Crippen LogP contribution in [0.1, 0.15) is 0 Å². The van der Waals surface area contributed by atoms with Gasteiger partial charge in [-0.2, -0.15) is 0 Å². The molecule has 0 bridgehead atoms. The Kier molecular flexibility index (Phi) is 5.25. The molecular weight excluding hydrogens is 474 g/mol. The predicted octanol–water partition coefficient (Wildman–Crippen LogP) is 5.19. The maximum atomic E-state index is 13.6. The maximum Gasteiger partial charge on any atom is 0.263 e. The molecule has 2 aromatic rings. The molecule has 0 atom stereocenters. The Bertz CT molecular complexity index is 814. The normalized spacial score (nSPS) is 11.5. The third-order valence-electron chi connectivity index (χ3n) is 2.46.